The average Bonchev–Trinajstić information content (AvgIpc) is 2.37. The summed E-state index contributed by atoms with van der Waals surface area (Å²) in [6, 6.07) is 12.4. The van der Waals surface area contributed by atoms with Gasteiger partial charge in [-0.2, -0.15) is 0 Å². The van der Waals surface area contributed by atoms with Crippen LogP contribution in [0.2, 0.25) is 0 Å². The fraction of sp³-hybridized carbons (Fsp3) is 0.235. The van der Waals surface area contributed by atoms with Crippen molar-refractivity contribution in [1.29, 1.82) is 0 Å². The van der Waals surface area contributed by atoms with Crippen molar-refractivity contribution < 1.29 is 14.3 Å². The van der Waals surface area contributed by atoms with E-state index in [1.54, 1.807) is 6.07 Å². The molecule has 0 saturated heterocycles. The van der Waals surface area contributed by atoms with Crippen molar-refractivity contribution >= 4 is 5.97 Å². The van der Waals surface area contributed by atoms with Gasteiger partial charge in [-0.15, -0.1) is 0 Å². The van der Waals surface area contributed by atoms with E-state index in [9.17, 15) is 9.18 Å². The minimum atomic E-state index is -1.24. The molecule has 3 heteroatoms. The van der Waals surface area contributed by atoms with E-state index in [4.69, 9.17) is 5.11 Å². The van der Waals surface area contributed by atoms with Gasteiger partial charge in [-0.05, 0) is 47.6 Å². The van der Waals surface area contributed by atoms with Gasteiger partial charge >= 0.3 is 5.97 Å². The van der Waals surface area contributed by atoms with Crippen molar-refractivity contribution in [1.82, 2.24) is 0 Å². The predicted octanol–water partition coefficient (Wildman–Crippen LogP) is 4.46. The summed E-state index contributed by atoms with van der Waals surface area (Å²) in [4.78, 5) is 10.8. The summed E-state index contributed by atoms with van der Waals surface area (Å²) in [7, 11) is 0. The number of carbonyl (C=O) groups is 1. The Hall–Kier alpha value is -2.16. The van der Waals surface area contributed by atoms with Gasteiger partial charge in [-0.1, -0.05) is 36.8 Å². The quantitative estimate of drug-likeness (QED) is 0.894. The third-order valence-electron chi connectivity index (χ3n) is 4.02. The summed E-state index contributed by atoms with van der Waals surface area (Å²) in [5.74, 6) is -1.26. The molecule has 102 valence electrons. The molecule has 0 bridgehead atoms. The number of rotatable bonds is 3. The Morgan fingerprint density at radius 1 is 1.05 bits per heavy atom. The SMILES string of the molecule is O=C(O)c1ccc(-c2ccc(C3CCC3)cc2)cc1F. The first-order chi connectivity index (χ1) is 9.65. The molecular formula is C17H15FO2. The van der Waals surface area contributed by atoms with Gasteiger partial charge in [0.1, 0.15) is 5.82 Å². The Morgan fingerprint density at radius 2 is 1.70 bits per heavy atom. The highest BCUT2D eigenvalue weighted by Gasteiger charge is 2.19. The fourth-order valence-corrected chi connectivity index (χ4v) is 2.56. The molecule has 2 aromatic carbocycles. The van der Waals surface area contributed by atoms with Gasteiger partial charge in [0.05, 0.1) is 5.56 Å². The summed E-state index contributed by atoms with van der Waals surface area (Å²) < 4.78 is 13.7. The molecule has 0 spiro atoms. The topological polar surface area (TPSA) is 37.3 Å². The van der Waals surface area contributed by atoms with E-state index >= 15 is 0 Å². The molecule has 2 nitrogen and oxygen atoms in total. The van der Waals surface area contributed by atoms with Crippen molar-refractivity contribution in [3.05, 3.63) is 59.4 Å². The maximum Gasteiger partial charge on any atom is 0.338 e. The summed E-state index contributed by atoms with van der Waals surface area (Å²) >= 11 is 0. The smallest absolute Gasteiger partial charge is 0.338 e. The number of carboxylic acid groups (broad SMARTS) is 1. The minimum Gasteiger partial charge on any atom is -0.478 e. The zero-order chi connectivity index (χ0) is 14.1. The normalized spacial score (nSPS) is 14.8. The van der Waals surface area contributed by atoms with Crippen molar-refractivity contribution in [2.45, 2.75) is 25.2 Å². The Kier molecular flexibility index (Phi) is 3.26. The monoisotopic (exact) mass is 270 g/mol. The summed E-state index contributed by atoms with van der Waals surface area (Å²) in [5, 5.41) is 8.82. The van der Waals surface area contributed by atoms with Gasteiger partial charge in [0.15, 0.2) is 0 Å². The second kappa shape index (κ2) is 5.08. The molecule has 0 aromatic heterocycles. The van der Waals surface area contributed by atoms with Crippen molar-refractivity contribution in [3.63, 3.8) is 0 Å². The van der Waals surface area contributed by atoms with Crippen LogP contribution in [-0.4, -0.2) is 11.1 Å². The van der Waals surface area contributed by atoms with Crippen LogP contribution >= 0.6 is 0 Å². The molecule has 0 aliphatic heterocycles. The molecule has 0 atom stereocenters. The molecule has 0 unspecified atom stereocenters. The lowest BCUT2D eigenvalue weighted by Gasteiger charge is -2.25. The minimum absolute atomic E-state index is 0.292. The van der Waals surface area contributed by atoms with Crippen LogP contribution < -0.4 is 0 Å². The first-order valence-electron chi connectivity index (χ1n) is 6.78. The highest BCUT2D eigenvalue weighted by Crippen LogP contribution is 2.37. The van der Waals surface area contributed by atoms with E-state index in [0.717, 1.165) is 5.56 Å². The van der Waals surface area contributed by atoms with E-state index in [1.165, 1.54) is 37.0 Å². The summed E-state index contributed by atoms with van der Waals surface area (Å²) in [6.07, 6.45) is 3.80. The van der Waals surface area contributed by atoms with E-state index in [0.29, 0.717) is 11.5 Å². The van der Waals surface area contributed by atoms with Crippen molar-refractivity contribution in [2.75, 3.05) is 0 Å². The van der Waals surface area contributed by atoms with Crippen LogP contribution in [0.1, 0.15) is 41.1 Å². The zero-order valence-corrected chi connectivity index (χ0v) is 11.0. The Morgan fingerprint density at radius 3 is 2.20 bits per heavy atom. The van der Waals surface area contributed by atoms with Gasteiger partial charge < -0.3 is 5.11 Å². The molecule has 1 aliphatic rings. The molecular weight excluding hydrogens is 255 g/mol. The van der Waals surface area contributed by atoms with Crippen LogP contribution in [0.25, 0.3) is 11.1 Å². The molecule has 3 rings (SSSR count). The van der Waals surface area contributed by atoms with Crippen molar-refractivity contribution in [2.24, 2.45) is 0 Å². The van der Waals surface area contributed by atoms with Crippen LogP contribution in [0.3, 0.4) is 0 Å². The van der Waals surface area contributed by atoms with Crippen LogP contribution in [0, 0.1) is 5.82 Å². The zero-order valence-electron chi connectivity index (χ0n) is 11.0. The molecule has 20 heavy (non-hydrogen) atoms. The largest absolute Gasteiger partial charge is 0.478 e. The Balaban J connectivity index is 1.88. The number of hydrogen-bond donors (Lipinski definition) is 1. The molecule has 0 heterocycles. The van der Waals surface area contributed by atoms with Crippen LogP contribution in [0.4, 0.5) is 4.39 Å². The van der Waals surface area contributed by atoms with Gasteiger partial charge in [-0.3, -0.25) is 0 Å². The molecule has 2 aromatic rings. The van der Waals surface area contributed by atoms with E-state index in [-0.39, 0.29) is 5.56 Å². The Labute approximate surface area is 116 Å². The third kappa shape index (κ3) is 2.31. The highest BCUT2D eigenvalue weighted by atomic mass is 19.1. The molecule has 1 aliphatic carbocycles. The average molecular weight is 270 g/mol. The third-order valence-corrected chi connectivity index (χ3v) is 4.02. The Bertz CT molecular complexity index is 643. The lowest BCUT2D eigenvalue weighted by Crippen LogP contribution is -2.08. The number of hydrogen-bond acceptors (Lipinski definition) is 1. The maximum atomic E-state index is 13.7. The first kappa shape index (κ1) is 12.9. The lowest BCUT2D eigenvalue weighted by molar-refractivity contribution is 0.0692. The van der Waals surface area contributed by atoms with Crippen molar-refractivity contribution in [3.8, 4) is 11.1 Å². The highest BCUT2D eigenvalue weighted by molar-refractivity contribution is 5.88. The van der Waals surface area contributed by atoms with Gasteiger partial charge in [0.25, 0.3) is 0 Å². The molecule has 1 fully saturated rings. The van der Waals surface area contributed by atoms with E-state index in [2.05, 4.69) is 12.1 Å². The standard InChI is InChI=1S/C17H15FO2/c18-16-10-14(8-9-15(16)17(19)20)13-6-4-12(5-7-13)11-2-1-3-11/h4-11H,1-3H2,(H,19,20). The van der Waals surface area contributed by atoms with Crippen LogP contribution in [-0.2, 0) is 0 Å². The molecule has 1 N–H and O–H groups in total. The number of benzene rings is 2. The fourth-order valence-electron chi connectivity index (χ4n) is 2.56. The number of aromatic carboxylic acids is 1. The van der Waals surface area contributed by atoms with Gasteiger partial charge in [0.2, 0.25) is 0 Å². The number of carboxylic acids is 1. The second-order valence-corrected chi connectivity index (χ2v) is 5.25. The predicted molar refractivity (Wildman–Crippen MR) is 75.4 cm³/mol. The van der Waals surface area contributed by atoms with E-state index in [1.807, 2.05) is 12.1 Å². The number of halogens is 1. The summed E-state index contributed by atoms with van der Waals surface area (Å²) in [5.41, 5.74) is 2.65. The lowest BCUT2D eigenvalue weighted by atomic mass is 9.80. The van der Waals surface area contributed by atoms with Crippen LogP contribution in [0.5, 0.6) is 0 Å². The first-order valence-corrected chi connectivity index (χ1v) is 6.78. The molecule has 0 amide bonds. The molecule has 0 radical (unpaired) electrons. The second-order valence-electron chi connectivity index (χ2n) is 5.25. The van der Waals surface area contributed by atoms with Gasteiger partial charge in [0, 0.05) is 0 Å². The summed E-state index contributed by atoms with van der Waals surface area (Å²) in [6.45, 7) is 0. The maximum absolute atomic E-state index is 13.7. The van der Waals surface area contributed by atoms with Crippen LogP contribution in [0.15, 0.2) is 42.5 Å². The van der Waals surface area contributed by atoms with E-state index < -0.39 is 11.8 Å². The van der Waals surface area contributed by atoms with Gasteiger partial charge in [-0.25, -0.2) is 9.18 Å². The molecule has 1 saturated carbocycles.